The highest BCUT2D eigenvalue weighted by atomic mass is 79.9. The van der Waals surface area contributed by atoms with Gasteiger partial charge in [-0.1, -0.05) is 24.3 Å². The second kappa shape index (κ2) is 3.86. The largest absolute Gasteiger partial charge is 0.398 e. The van der Waals surface area contributed by atoms with Crippen LogP contribution in [0.1, 0.15) is 17.2 Å². The third-order valence-electron chi connectivity index (χ3n) is 3.22. The smallest absolute Gasteiger partial charge is 0.108 e. The van der Waals surface area contributed by atoms with E-state index in [2.05, 4.69) is 34.1 Å². The standard InChI is InChI=1S/C14H12BrNO/c1-17-14-9-5-3-2-4-8(9)10-6-12(15)13(16)7-11(10)14/h2-7,14H,16H2,1H3. The molecule has 0 bridgehead atoms. The van der Waals surface area contributed by atoms with E-state index in [1.165, 1.54) is 16.7 Å². The molecule has 0 aliphatic heterocycles. The van der Waals surface area contributed by atoms with Gasteiger partial charge in [0.25, 0.3) is 0 Å². The van der Waals surface area contributed by atoms with E-state index in [1.54, 1.807) is 7.11 Å². The number of halogens is 1. The molecule has 3 heteroatoms. The van der Waals surface area contributed by atoms with E-state index < -0.39 is 0 Å². The van der Waals surface area contributed by atoms with Gasteiger partial charge in [-0.05, 0) is 50.3 Å². The minimum absolute atomic E-state index is 0.00315. The molecule has 1 aliphatic carbocycles. The lowest BCUT2D eigenvalue weighted by molar-refractivity contribution is 0.140. The van der Waals surface area contributed by atoms with Gasteiger partial charge in [0.15, 0.2) is 0 Å². The molecule has 1 aliphatic rings. The summed E-state index contributed by atoms with van der Waals surface area (Å²) >= 11 is 3.48. The number of rotatable bonds is 1. The molecule has 0 saturated heterocycles. The van der Waals surface area contributed by atoms with Crippen LogP contribution in [0.5, 0.6) is 0 Å². The molecule has 1 atom stereocenters. The van der Waals surface area contributed by atoms with Crippen LogP contribution < -0.4 is 5.73 Å². The molecule has 0 aromatic heterocycles. The molecule has 0 fully saturated rings. The molecule has 0 saturated carbocycles. The molecule has 0 spiro atoms. The first kappa shape index (κ1) is 10.8. The summed E-state index contributed by atoms with van der Waals surface area (Å²) < 4.78 is 6.52. The number of methoxy groups -OCH3 is 1. The van der Waals surface area contributed by atoms with E-state index in [-0.39, 0.29) is 6.10 Å². The summed E-state index contributed by atoms with van der Waals surface area (Å²) in [6, 6.07) is 12.4. The van der Waals surface area contributed by atoms with Crippen LogP contribution in [0.15, 0.2) is 40.9 Å². The summed E-state index contributed by atoms with van der Waals surface area (Å²) in [7, 11) is 1.73. The van der Waals surface area contributed by atoms with Crippen molar-refractivity contribution in [3.05, 3.63) is 52.0 Å². The Hall–Kier alpha value is -1.32. The van der Waals surface area contributed by atoms with Crippen molar-refractivity contribution in [3.63, 3.8) is 0 Å². The van der Waals surface area contributed by atoms with Gasteiger partial charge in [0, 0.05) is 17.3 Å². The molecule has 2 nitrogen and oxygen atoms in total. The zero-order valence-electron chi connectivity index (χ0n) is 9.41. The van der Waals surface area contributed by atoms with E-state index in [0.29, 0.717) is 0 Å². The highest BCUT2D eigenvalue weighted by Crippen LogP contribution is 2.47. The fourth-order valence-corrected chi connectivity index (χ4v) is 2.79. The van der Waals surface area contributed by atoms with Crippen molar-refractivity contribution >= 4 is 21.6 Å². The van der Waals surface area contributed by atoms with Crippen molar-refractivity contribution in [1.29, 1.82) is 0 Å². The van der Waals surface area contributed by atoms with E-state index in [4.69, 9.17) is 10.5 Å². The zero-order valence-corrected chi connectivity index (χ0v) is 11.0. The summed E-state index contributed by atoms with van der Waals surface area (Å²) in [5.74, 6) is 0. The van der Waals surface area contributed by atoms with Crippen molar-refractivity contribution in [1.82, 2.24) is 0 Å². The molecular weight excluding hydrogens is 278 g/mol. The molecule has 3 rings (SSSR count). The van der Waals surface area contributed by atoms with Crippen molar-refractivity contribution < 1.29 is 4.74 Å². The number of fused-ring (bicyclic) bond motifs is 3. The Labute approximate surface area is 109 Å². The Morgan fingerprint density at radius 3 is 2.65 bits per heavy atom. The highest BCUT2D eigenvalue weighted by molar-refractivity contribution is 9.10. The van der Waals surface area contributed by atoms with Gasteiger partial charge in [-0.15, -0.1) is 0 Å². The van der Waals surface area contributed by atoms with Gasteiger partial charge in [0.05, 0.1) is 0 Å². The fourth-order valence-electron chi connectivity index (χ4n) is 2.45. The maximum Gasteiger partial charge on any atom is 0.108 e. The Morgan fingerprint density at radius 1 is 1.12 bits per heavy atom. The Morgan fingerprint density at radius 2 is 1.88 bits per heavy atom. The first-order chi connectivity index (χ1) is 8.22. The van der Waals surface area contributed by atoms with Crippen LogP contribution >= 0.6 is 15.9 Å². The molecule has 2 N–H and O–H groups in total. The van der Waals surface area contributed by atoms with Crippen molar-refractivity contribution in [3.8, 4) is 11.1 Å². The summed E-state index contributed by atoms with van der Waals surface area (Å²) in [6.07, 6.45) is -0.00315. The third kappa shape index (κ3) is 1.50. The van der Waals surface area contributed by atoms with Crippen LogP contribution in [-0.2, 0) is 4.74 Å². The second-order valence-electron chi connectivity index (χ2n) is 4.16. The van der Waals surface area contributed by atoms with E-state index in [9.17, 15) is 0 Å². The lowest BCUT2D eigenvalue weighted by atomic mass is 10.1. The van der Waals surface area contributed by atoms with E-state index in [0.717, 1.165) is 15.7 Å². The molecule has 0 heterocycles. The normalized spacial score (nSPS) is 16.7. The SMILES string of the molecule is COC1c2ccccc2-c2cc(Br)c(N)cc21. The van der Waals surface area contributed by atoms with Crippen LogP contribution in [0, 0.1) is 0 Å². The maximum atomic E-state index is 5.94. The first-order valence-electron chi connectivity index (χ1n) is 5.43. The Balaban J connectivity index is 2.31. The average Bonchev–Trinajstić information content (AvgIpc) is 2.63. The molecule has 0 amide bonds. The number of benzene rings is 2. The topological polar surface area (TPSA) is 35.2 Å². The lowest BCUT2D eigenvalue weighted by Crippen LogP contribution is -1.99. The minimum atomic E-state index is -0.00315. The number of hydrogen-bond donors (Lipinski definition) is 1. The monoisotopic (exact) mass is 289 g/mol. The van der Waals surface area contributed by atoms with Crippen molar-refractivity contribution in [2.24, 2.45) is 0 Å². The predicted octanol–water partition coefficient (Wildman–Crippen LogP) is 3.75. The Bertz CT molecular complexity index is 595. The fraction of sp³-hybridized carbons (Fsp3) is 0.143. The molecule has 1 unspecified atom stereocenters. The van der Waals surface area contributed by atoms with Crippen molar-refractivity contribution in [2.45, 2.75) is 6.10 Å². The van der Waals surface area contributed by atoms with Gasteiger partial charge in [-0.25, -0.2) is 0 Å². The Kier molecular flexibility index (Phi) is 2.45. The van der Waals surface area contributed by atoms with Crippen LogP contribution in [0.25, 0.3) is 11.1 Å². The van der Waals surface area contributed by atoms with Crippen molar-refractivity contribution in [2.75, 3.05) is 12.8 Å². The quantitative estimate of drug-likeness (QED) is 0.812. The van der Waals surface area contributed by atoms with Crippen LogP contribution in [0.3, 0.4) is 0 Å². The predicted molar refractivity (Wildman–Crippen MR) is 72.8 cm³/mol. The lowest BCUT2D eigenvalue weighted by Gasteiger charge is -2.11. The number of hydrogen-bond acceptors (Lipinski definition) is 2. The van der Waals surface area contributed by atoms with Crippen LogP contribution in [0.4, 0.5) is 5.69 Å². The average molecular weight is 290 g/mol. The minimum Gasteiger partial charge on any atom is -0.398 e. The second-order valence-corrected chi connectivity index (χ2v) is 5.02. The first-order valence-corrected chi connectivity index (χ1v) is 6.22. The van der Waals surface area contributed by atoms with Gasteiger partial charge in [0.2, 0.25) is 0 Å². The van der Waals surface area contributed by atoms with Gasteiger partial charge in [-0.3, -0.25) is 0 Å². The molecule has 0 radical (unpaired) electrons. The van der Waals surface area contributed by atoms with Gasteiger partial charge in [0.1, 0.15) is 6.10 Å². The zero-order chi connectivity index (χ0) is 12.0. The number of nitrogens with two attached hydrogens (primary N) is 1. The maximum absolute atomic E-state index is 5.94. The molecule has 2 aromatic carbocycles. The van der Waals surface area contributed by atoms with E-state index >= 15 is 0 Å². The summed E-state index contributed by atoms with van der Waals surface area (Å²) in [4.78, 5) is 0. The summed E-state index contributed by atoms with van der Waals surface area (Å²) in [5.41, 5.74) is 11.5. The van der Waals surface area contributed by atoms with Crippen LogP contribution in [0.2, 0.25) is 0 Å². The number of anilines is 1. The highest BCUT2D eigenvalue weighted by Gasteiger charge is 2.28. The summed E-state index contributed by atoms with van der Waals surface area (Å²) in [6.45, 7) is 0. The molecule has 17 heavy (non-hydrogen) atoms. The van der Waals surface area contributed by atoms with Crippen LogP contribution in [-0.4, -0.2) is 7.11 Å². The van der Waals surface area contributed by atoms with Gasteiger partial charge >= 0.3 is 0 Å². The van der Waals surface area contributed by atoms with Gasteiger partial charge in [-0.2, -0.15) is 0 Å². The molecule has 2 aromatic rings. The molecule has 86 valence electrons. The molecular formula is C14H12BrNO. The summed E-state index contributed by atoms with van der Waals surface area (Å²) in [5, 5.41) is 0. The van der Waals surface area contributed by atoms with Gasteiger partial charge < -0.3 is 10.5 Å². The van der Waals surface area contributed by atoms with E-state index in [1.807, 2.05) is 18.2 Å². The third-order valence-corrected chi connectivity index (χ3v) is 3.91. The number of nitrogen functional groups attached to an aromatic ring is 1. The number of ether oxygens (including phenoxy) is 1.